The zero-order valence-electron chi connectivity index (χ0n) is 12.1. The van der Waals surface area contributed by atoms with Crippen LogP contribution in [0.4, 0.5) is 5.13 Å². The number of hydrogen-bond donors (Lipinski definition) is 1. The highest BCUT2D eigenvalue weighted by atomic mass is 32.2. The van der Waals surface area contributed by atoms with Crippen LogP contribution in [0.15, 0.2) is 4.34 Å². The molecule has 0 saturated heterocycles. The molecule has 0 aliphatic rings. The fourth-order valence-corrected chi connectivity index (χ4v) is 3.37. The van der Waals surface area contributed by atoms with Gasteiger partial charge in [-0.1, -0.05) is 30.0 Å². The molecule has 0 aliphatic heterocycles. The van der Waals surface area contributed by atoms with Crippen LogP contribution in [0.25, 0.3) is 0 Å². The van der Waals surface area contributed by atoms with Crippen molar-refractivity contribution in [2.45, 2.75) is 56.3 Å². The van der Waals surface area contributed by atoms with Crippen molar-refractivity contribution in [3.63, 3.8) is 0 Å². The van der Waals surface area contributed by atoms with Crippen LogP contribution in [-0.4, -0.2) is 35.9 Å². The summed E-state index contributed by atoms with van der Waals surface area (Å²) >= 11 is 3.16. The molecule has 0 bridgehead atoms. The van der Waals surface area contributed by atoms with Crippen molar-refractivity contribution in [1.29, 1.82) is 0 Å². The van der Waals surface area contributed by atoms with Gasteiger partial charge in [0, 0.05) is 12.1 Å². The second kappa shape index (κ2) is 6.49. The van der Waals surface area contributed by atoms with Gasteiger partial charge in [-0.2, -0.15) is 0 Å². The van der Waals surface area contributed by atoms with E-state index in [1.165, 1.54) is 0 Å². The van der Waals surface area contributed by atoms with Crippen LogP contribution in [0.2, 0.25) is 0 Å². The smallest absolute Gasteiger partial charge is 0.206 e. The van der Waals surface area contributed by atoms with Gasteiger partial charge in [0.25, 0.3) is 0 Å². The van der Waals surface area contributed by atoms with Gasteiger partial charge in [0.1, 0.15) is 0 Å². The Morgan fingerprint density at radius 3 is 2.75 bits per heavy atom. The second-order valence-corrected chi connectivity index (χ2v) is 7.56. The van der Waals surface area contributed by atoms with Gasteiger partial charge < -0.3 is 5.32 Å². The summed E-state index contributed by atoms with van der Waals surface area (Å²) in [7, 11) is 0. The van der Waals surface area contributed by atoms with Crippen molar-refractivity contribution in [1.82, 2.24) is 30.4 Å². The molecule has 0 saturated carbocycles. The summed E-state index contributed by atoms with van der Waals surface area (Å²) in [5, 5.41) is 24.2. The lowest BCUT2D eigenvalue weighted by atomic mass is 10.1. The third kappa shape index (κ3) is 4.41. The van der Waals surface area contributed by atoms with Crippen LogP contribution < -0.4 is 5.32 Å². The van der Waals surface area contributed by atoms with E-state index in [1.807, 2.05) is 4.68 Å². The zero-order valence-corrected chi connectivity index (χ0v) is 13.8. The monoisotopic (exact) mass is 313 g/mol. The summed E-state index contributed by atoms with van der Waals surface area (Å²) in [6.07, 6.45) is 1.02. The fourth-order valence-electron chi connectivity index (χ4n) is 1.48. The third-order valence-electron chi connectivity index (χ3n) is 2.25. The molecule has 1 N–H and O–H groups in total. The number of thioether (sulfide) groups is 1. The Hall–Kier alpha value is -1.22. The van der Waals surface area contributed by atoms with Crippen molar-refractivity contribution < 1.29 is 0 Å². The zero-order chi connectivity index (χ0) is 14.6. The summed E-state index contributed by atoms with van der Waals surface area (Å²) in [5.41, 5.74) is -0.00725. The maximum absolute atomic E-state index is 4.17. The number of nitrogens with one attached hydrogen (secondary N) is 1. The highest BCUT2D eigenvalue weighted by molar-refractivity contribution is 8.00. The molecule has 9 heteroatoms. The number of nitrogens with zero attached hydrogens (tertiary/aromatic N) is 6. The lowest BCUT2D eigenvalue weighted by Gasteiger charge is -2.18. The van der Waals surface area contributed by atoms with Gasteiger partial charge in [0.15, 0.2) is 10.2 Å². The molecule has 2 aromatic heterocycles. The highest BCUT2D eigenvalue weighted by Gasteiger charge is 2.14. The van der Waals surface area contributed by atoms with E-state index in [-0.39, 0.29) is 5.54 Å². The third-order valence-corrected chi connectivity index (χ3v) is 4.22. The van der Waals surface area contributed by atoms with Gasteiger partial charge in [0.2, 0.25) is 5.13 Å². The van der Waals surface area contributed by atoms with Gasteiger partial charge in [-0.25, -0.2) is 4.68 Å². The molecule has 0 amide bonds. The van der Waals surface area contributed by atoms with Gasteiger partial charge in [0.05, 0.1) is 5.75 Å². The summed E-state index contributed by atoms with van der Waals surface area (Å²) in [6.45, 7) is 9.24. The molecule has 2 aromatic rings. The van der Waals surface area contributed by atoms with Crippen molar-refractivity contribution in [2.24, 2.45) is 0 Å². The lowest BCUT2D eigenvalue weighted by molar-refractivity contribution is 0.564. The highest BCUT2D eigenvalue weighted by Crippen LogP contribution is 2.28. The molecule has 2 rings (SSSR count). The van der Waals surface area contributed by atoms with E-state index < -0.39 is 0 Å². The first-order valence-corrected chi connectivity index (χ1v) is 8.27. The van der Waals surface area contributed by atoms with E-state index in [1.54, 1.807) is 23.1 Å². The number of rotatable bonds is 6. The maximum Gasteiger partial charge on any atom is 0.206 e. The minimum atomic E-state index is -0.00725. The molecule has 0 fully saturated rings. The maximum atomic E-state index is 4.17. The molecule has 0 atom stereocenters. The predicted molar refractivity (Wildman–Crippen MR) is 81.0 cm³/mol. The lowest BCUT2D eigenvalue weighted by Crippen LogP contribution is -2.25. The summed E-state index contributed by atoms with van der Waals surface area (Å²) in [5.74, 6) is 1.58. The second-order valence-electron chi connectivity index (χ2n) is 5.36. The Labute approximate surface area is 126 Å². The summed E-state index contributed by atoms with van der Waals surface area (Å²) in [6, 6.07) is 0. The number of hydrogen-bond acceptors (Lipinski definition) is 8. The van der Waals surface area contributed by atoms with E-state index in [0.29, 0.717) is 5.75 Å². The fraction of sp³-hybridized carbons (Fsp3) is 0.727. The molecule has 0 unspecified atom stereocenters. The van der Waals surface area contributed by atoms with Crippen LogP contribution in [-0.2, 0) is 12.3 Å². The molecule has 0 radical (unpaired) electrons. The molecular formula is C11H19N7S2. The molecular weight excluding hydrogens is 294 g/mol. The van der Waals surface area contributed by atoms with E-state index in [9.17, 15) is 0 Å². The number of tetrazole rings is 1. The molecule has 2 heterocycles. The van der Waals surface area contributed by atoms with Gasteiger partial charge in [-0.05, 0) is 37.6 Å². The number of aromatic nitrogens is 6. The molecule has 0 aliphatic carbocycles. The summed E-state index contributed by atoms with van der Waals surface area (Å²) in [4.78, 5) is 0. The van der Waals surface area contributed by atoms with E-state index in [0.717, 1.165) is 28.3 Å². The van der Waals surface area contributed by atoms with Crippen molar-refractivity contribution in [3.8, 4) is 0 Å². The van der Waals surface area contributed by atoms with Crippen LogP contribution in [0.1, 0.15) is 39.9 Å². The van der Waals surface area contributed by atoms with Crippen LogP contribution in [0, 0.1) is 0 Å². The minimum Gasteiger partial charge on any atom is -0.355 e. The molecule has 0 aromatic carbocycles. The summed E-state index contributed by atoms with van der Waals surface area (Å²) < 4.78 is 2.75. The molecule has 0 spiro atoms. The SMILES string of the molecule is CCCn1nnnc1CSc1nnc(NC(C)(C)C)s1. The molecule has 110 valence electrons. The van der Waals surface area contributed by atoms with Gasteiger partial charge >= 0.3 is 0 Å². The first-order chi connectivity index (χ1) is 9.48. The first-order valence-electron chi connectivity index (χ1n) is 6.47. The average molecular weight is 313 g/mol. The van der Waals surface area contributed by atoms with Crippen LogP contribution >= 0.6 is 23.1 Å². The predicted octanol–water partition coefficient (Wildman–Crippen LogP) is 2.44. The number of anilines is 1. The molecule has 20 heavy (non-hydrogen) atoms. The molecule has 7 nitrogen and oxygen atoms in total. The Morgan fingerprint density at radius 2 is 2.05 bits per heavy atom. The average Bonchev–Trinajstić information content (AvgIpc) is 2.94. The normalized spacial score (nSPS) is 11.8. The standard InChI is InChI=1S/C11H19N7S2/c1-5-6-18-8(13-16-17-18)7-19-10-15-14-9(20-10)12-11(2,3)4/h5-7H2,1-4H3,(H,12,14). The van der Waals surface area contributed by atoms with Crippen molar-refractivity contribution in [2.75, 3.05) is 5.32 Å². The van der Waals surface area contributed by atoms with Crippen LogP contribution in [0.3, 0.4) is 0 Å². The Kier molecular flexibility index (Phi) is 4.92. The van der Waals surface area contributed by atoms with Crippen molar-refractivity contribution >= 4 is 28.2 Å². The van der Waals surface area contributed by atoms with E-state index in [4.69, 9.17) is 0 Å². The topological polar surface area (TPSA) is 81.4 Å². The van der Waals surface area contributed by atoms with Crippen LogP contribution in [0.5, 0.6) is 0 Å². The minimum absolute atomic E-state index is 0.00725. The first kappa shape index (κ1) is 15.2. The van der Waals surface area contributed by atoms with Gasteiger partial charge in [-0.15, -0.1) is 15.3 Å². The Bertz CT molecular complexity index is 543. The van der Waals surface area contributed by atoms with E-state index in [2.05, 4.69) is 58.7 Å². The van der Waals surface area contributed by atoms with Crippen molar-refractivity contribution in [3.05, 3.63) is 5.82 Å². The number of aryl methyl sites for hydroxylation is 1. The Balaban J connectivity index is 1.92. The largest absolute Gasteiger partial charge is 0.355 e. The van der Waals surface area contributed by atoms with E-state index >= 15 is 0 Å². The van der Waals surface area contributed by atoms with Gasteiger partial charge in [-0.3, -0.25) is 0 Å². The quantitative estimate of drug-likeness (QED) is 0.820. The Morgan fingerprint density at radius 1 is 1.25 bits per heavy atom.